The molecule has 0 fully saturated rings. The van der Waals surface area contributed by atoms with Gasteiger partial charge in [0.05, 0.1) is 6.54 Å². The first-order chi connectivity index (χ1) is 15.8. The number of benzene rings is 2. The van der Waals surface area contributed by atoms with Crippen molar-refractivity contribution in [2.45, 2.75) is 38.3 Å². The number of rotatable bonds is 10. The lowest BCUT2D eigenvalue weighted by Crippen LogP contribution is -2.50. The number of carboxylic acid groups (broad SMARTS) is 1. The molecule has 0 aromatic heterocycles. The van der Waals surface area contributed by atoms with Gasteiger partial charge < -0.3 is 25.2 Å². The van der Waals surface area contributed by atoms with E-state index >= 15 is 0 Å². The summed E-state index contributed by atoms with van der Waals surface area (Å²) in [5.41, 5.74) is 4.46. The molecule has 0 bridgehead atoms. The van der Waals surface area contributed by atoms with E-state index in [-0.39, 0.29) is 25.0 Å². The molecule has 8 nitrogen and oxygen atoms in total. The molecule has 0 saturated heterocycles. The molecule has 3 N–H and O–H groups in total. The molecule has 2 aromatic rings. The van der Waals surface area contributed by atoms with Crippen molar-refractivity contribution in [2.24, 2.45) is 5.92 Å². The molecule has 2 unspecified atom stereocenters. The highest BCUT2D eigenvalue weighted by atomic mass is 16.5. The van der Waals surface area contributed by atoms with Crippen molar-refractivity contribution >= 4 is 18.0 Å². The van der Waals surface area contributed by atoms with Gasteiger partial charge in [-0.1, -0.05) is 62.4 Å². The maximum atomic E-state index is 12.6. The van der Waals surface area contributed by atoms with Gasteiger partial charge in [0, 0.05) is 13.0 Å². The highest BCUT2D eigenvalue weighted by Gasteiger charge is 2.30. The van der Waals surface area contributed by atoms with Gasteiger partial charge >= 0.3 is 12.1 Å². The maximum Gasteiger partial charge on any atom is 0.407 e. The quantitative estimate of drug-likeness (QED) is 0.508. The maximum absolute atomic E-state index is 12.6. The van der Waals surface area contributed by atoms with Gasteiger partial charge in [-0.3, -0.25) is 4.79 Å². The van der Waals surface area contributed by atoms with Crippen LogP contribution in [0.2, 0.25) is 0 Å². The summed E-state index contributed by atoms with van der Waals surface area (Å²) in [4.78, 5) is 36.3. The second-order valence-corrected chi connectivity index (χ2v) is 8.46. The number of methoxy groups -OCH3 is 1. The fourth-order valence-electron chi connectivity index (χ4n) is 4.07. The minimum atomic E-state index is -1.18. The smallest absolute Gasteiger partial charge is 0.407 e. The number of carboxylic acids is 1. The Labute approximate surface area is 193 Å². The van der Waals surface area contributed by atoms with Crippen LogP contribution in [0.5, 0.6) is 0 Å². The molecule has 0 heterocycles. The molecule has 3 rings (SSSR count). The van der Waals surface area contributed by atoms with Crippen molar-refractivity contribution in [1.82, 2.24) is 10.6 Å². The molecule has 2 amide bonds. The van der Waals surface area contributed by atoms with Crippen LogP contribution in [-0.2, 0) is 19.1 Å². The second kappa shape index (κ2) is 11.0. The summed E-state index contributed by atoms with van der Waals surface area (Å²) in [7, 11) is 1.26. The molecule has 176 valence electrons. The number of carbonyl (C=O) groups is 3. The summed E-state index contributed by atoms with van der Waals surface area (Å²) in [6, 6.07) is 15.2. The number of ether oxygens (including phenoxy) is 2. The summed E-state index contributed by atoms with van der Waals surface area (Å²) < 4.78 is 10.4. The first-order valence-corrected chi connectivity index (χ1v) is 11.0. The van der Waals surface area contributed by atoms with E-state index in [1.165, 1.54) is 7.11 Å². The molecule has 0 saturated carbocycles. The number of nitrogens with one attached hydrogen (secondary N) is 2. The van der Waals surface area contributed by atoms with Crippen molar-refractivity contribution in [1.29, 1.82) is 0 Å². The lowest BCUT2D eigenvalue weighted by atomic mass is 9.98. The third-order valence-electron chi connectivity index (χ3n) is 5.68. The Hall–Kier alpha value is -3.39. The SMILES string of the molecule is COC(CNC(=O)C(CC(C)C)NC(=O)OCC1c2ccccc2-c2ccccc21)C(=O)O. The number of hydrogen-bond donors (Lipinski definition) is 3. The Morgan fingerprint density at radius 2 is 1.58 bits per heavy atom. The Morgan fingerprint density at radius 3 is 2.09 bits per heavy atom. The average Bonchev–Trinajstić information content (AvgIpc) is 3.11. The van der Waals surface area contributed by atoms with Gasteiger partial charge in [0.25, 0.3) is 0 Å². The van der Waals surface area contributed by atoms with Gasteiger partial charge in [0.1, 0.15) is 12.6 Å². The summed E-state index contributed by atoms with van der Waals surface area (Å²) >= 11 is 0. The fraction of sp³-hybridized carbons (Fsp3) is 0.400. The first kappa shape index (κ1) is 24.3. The van der Waals surface area contributed by atoms with Crippen LogP contribution in [0, 0.1) is 5.92 Å². The minimum absolute atomic E-state index is 0.0847. The van der Waals surface area contributed by atoms with Gasteiger partial charge in [-0.15, -0.1) is 0 Å². The zero-order chi connectivity index (χ0) is 24.0. The summed E-state index contributed by atoms with van der Waals surface area (Å²) in [6.07, 6.45) is -1.48. The van der Waals surface area contributed by atoms with Gasteiger partial charge in [-0.05, 0) is 34.6 Å². The van der Waals surface area contributed by atoms with Crippen molar-refractivity contribution in [3.8, 4) is 11.1 Å². The van der Waals surface area contributed by atoms with Crippen molar-refractivity contribution in [3.63, 3.8) is 0 Å². The Morgan fingerprint density at radius 1 is 1.00 bits per heavy atom. The van der Waals surface area contributed by atoms with Crippen LogP contribution in [0.1, 0.15) is 37.3 Å². The Kier molecular flexibility index (Phi) is 8.06. The lowest BCUT2D eigenvalue weighted by molar-refractivity contribution is -0.148. The van der Waals surface area contributed by atoms with Crippen molar-refractivity contribution in [3.05, 3.63) is 59.7 Å². The molecule has 33 heavy (non-hydrogen) atoms. The second-order valence-electron chi connectivity index (χ2n) is 8.46. The molecule has 2 atom stereocenters. The lowest BCUT2D eigenvalue weighted by Gasteiger charge is -2.22. The van der Waals surface area contributed by atoms with E-state index in [2.05, 4.69) is 22.8 Å². The molecule has 0 spiro atoms. The molecule has 2 aromatic carbocycles. The largest absolute Gasteiger partial charge is 0.479 e. The first-order valence-electron chi connectivity index (χ1n) is 11.0. The predicted molar refractivity (Wildman–Crippen MR) is 123 cm³/mol. The normalized spacial score (nSPS) is 14.2. The van der Waals surface area contributed by atoms with Crippen LogP contribution in [-0.4, -0.2) is 55.5 Å². The van der Waals surface area contributed by atoms with E-state index in [4.69, 9.17) is 14.6 Å². The van der Waals surface area contributed by atoms with Gasteiger partial charge in [-0.2, -0.15) is 0 Å². The van der Waals surface area contributed by atoms with Crippen LogP contribution >= 0.6 is 0 Å². The molecular weight excluding hydrogens is 424 g/mol. The fourth-order valence-corrected chi connectivity index (χ4v) is 4.07. The van der Waals surface area contributed by atoms with E-state index in [9.17, 15) is 14.4 Å². The molecular formula is C25H30N2O6. The van der Waals surface area contributed by atoms with Crippen LogP contribution in [0.3, 0.4) is 0 Å². The zero-order valence-corrected chi connectivity index (χ0v) is 19.0. The summed E-state index contributed by atoms with van der Waals surface area (Å²) in [5.74, 6) is -1.63. The van der Waals surface area contributed by atoms with E-state index < -0.39 is 30.1 Å². The van der Waals surface area contributed by atoms with E-state index in [1.807, 2.05) is 50.2 Å². The highest BCUT2D eigenvalue weighted by molar-refractivity contribution is 5.86. The monoisotopic (exact) mass is 454 g/mol. The topological polar surface area (TPSA) is 114 Å². The Balaban J connectivity index is 1.63. The molecule has 8 heteroatoms. The number of alkyl carbamates (subject to hydrolysis) is 1. The molecule has 1 aliphatic rings. The van der Waals surface area contributed by atoms with Crippen LogP contribution in [0.4, 0.5) is 4.79 Å². The number of aliphatic carboxylic acids is 1. The summed E-state index contributed by atoms with van der Waals surface area (Å²) in [6.45, 7) is 3.79. The minimum Gasteiger partial charge on any atom is -0.479 e. The van der Waals surface area contributed by atoms with E-state index in [0.29, 0.717) is 6.42 Å². The molecule has 1 aliphatic carbocycles. The third-order valence-corrected chi connectivity index (χ3v) is 5.68. The van der Waals surface area contributed by atoms with E-state index in [1.54, 1.807) is 0 Å². The van der Waals surface area contributed by atoms with Crippen LogP contribution in [0.25, 0.3) is 11.1 Å². The third kappa shape index (κ3) is 5.90. The molecule has 0 radical (unpaired) electrons. The van der Waals surface area contributed by atoms with Crippen LogP contribution < -0.4 is 10.6 Å². The average molecular weight is 455 g/mol. The number of carbonyl (C=O) groups excluding carboxylic acids is 2. The van der Waals surface area contributed by atoms with Crippen molar-refractivity contribution in [2.75, 3.05) is 20.3 Å². The number of fused-ring (bicyclic) bond motifs is 3. The Bertz CT molecular complexity index is 960. The number of amides is 2. The van der Waals surface area contributed by atoms with E-state index in [0.717, 1.165) is 22.3 Å². The van der Waals surface area contributed by atoms with Gasteiger partial charge in [-0.25, -0.2) is 9.59 Å². The predicted octanol–water partition coefficient (Wildman–Crippen LogP) is 3.16. The molecule has 0 aliphatic heterocycles. The summed E-state index contributed by atoms with van der Waals surface area (Å²) in [5, 5.41) is 14.2. The number of hydrogen-bond acceptors (Lipinski definition) is 5. The van der Waals surface area contributed by atoms with Gasteiger partial charge in [0.15, 0.2) is 6.10 Å². The zero-order valence-electron chi connectivity index (χ0n) is 19.0. The van der Waals surface area contributed by atoms with Gasteiger partial charge in [0.2, 0.25) is 5.91 Å². The standard InChI is InChI=1S/C25H30N2O6/c1-15(2)12-21(23(28)26-13-22(32-3)24(29)30)27-25(31)33-14-20-18-10-6-4-8-16(18)17-9-5-7-11-19(17)20/h4-11,15,20-22H,12-14H2,1-3H3,(H,26,28)(H,27,31)(H,29,30). The van der Waals surface area contributed by atoms with Crippen LogP contribution in [0.15, 0.2) is 48.5 Å². The highest BCUT2D eigenvalue weighted by Crippen LogP contribution is 2.44. The van der Waals surface area contributed by atoms with Crippen molar-refractivity contribution < 1.29 is 29.0 Å².